The second-order valence-electron chi connectivity index (χ2n) is 5.92. The number of aromatic nitrogens is 2. The molecule has 1 amide bonds. The fourth-order valence-electron chi connectivity index (χ4n) is 2.57. The highest BCUT2D eigenvalue weighted by atomic mass is 16.5. The summed E-state index contributed by atoms with van der Waals surface area (Å²) in [4.78, 5) is 20.5. The molecular weight excluding hydrogens is 360 g/mol. The lowest BCUT2D eigenvalue weighted by Crippen LogP contribution is -2.26. The van der Waals surface area contributed by atoms with E-state index in [4.69, 9.17) is 13.9 Å². The van der Waals surface area contributed by atoms with Gasteiger partial charge in [-0.05, 0) is 36.2 Å². The summed E-state index contributed by atoms with van der Waals surface area (Å²) in [6.07, 6.45) is 5.25. The number of nitrogens with one attached hydrogen (secondary N) is 2. The van der Waals surface area contributed by atoms with Gasteiger partial charge in [-0.15, -0.1) is 0 Å². The van der Waals surface area contributed by atoms with E-state index in [1.807, 2.05) is 30.3 Å². The van der Waals surface area contributed by atoms with Gasteiger partial charge in [0.25, 0.3) is 5.91 Å². The van der Waals surface area contributed by atoms with E-state index in [9.17, 15) is 4.79 Å². The number of anilines is 1. The van der Waals surface area contributed by atoms with Crippen LogP contribution in [0.4, 0.5) is 5.95 Å². The van der Waals surface area contributed by atoms with E-state index in [2.05, 4.69) is 20.6 Å². The van der Waals surface area contributed by atoms with Gasteiger partial charge in [0.05, 0.1) is 32.6 Å². The van der Waals surface area contributed by atoms with Gasteiger partial charge in [0, 0.05) is 18.9 Å². The van der Waals surface area contributed by atoms with Crippen molar-refractivity contribution in [2.45, 2.75) is 13.0 Å². The predicted octanol–water partition coefficient (Wildman–Crippen LogP) is 2.67. The van der Waals surface area contributed by atoms with E-state index in [1.54, 1.807) is 20.5 Å². The molecule has 0 unspecified atom stereocenters. The molecular formula is C20H22N4O4. The Kier molecular flexibility index (Phi) is 6.46. The number of carbonyl (C=O) groups excluding carboxylic acids is 1. The molecule has 0 saturated heterocycles. The smallest absolute Gasteiger partial charge is 0.254 e. The van der Waals surface area contributed by atoms with Crippen LogP contribution in [-0.2, 0) is 13.0 Å². The minimum atomic E-state index is -0.224. The van der Waals surface area contributed by atoms with Crippen LogP contribution in [0.1, 0.15) is 21.7 Å². The lowest BCUT2D eigenvalue weighted by molar-refractivity contribution is 0.0953. The number of nitrogens with zero attached hydrogens (tertiary/aromatic N) is 2. The van der Waals surface area contributed by atoms with Crippen LogP contribution in [0.25, 0.3) is 0 Å². The number of furan rings is 1. The Balaban J connectivity index is 1.48. The molecule has 146 valence electrons. The maximum absolute atomic E-state index is 12.2. The highest BCUT2D eigenvalue weighted by Gasteiger charge is 2.08. The lowest BCUT2D eigenvalue weighted by Gasteiger charge is -2.10. The summed E-state index contributed by atoms with van der Waals surface area (Å²) in [6, 6.07) is 9.35. The first kappa shape index (κ1) is 19.2. The summed E-state index contributed by atoms with van der Waals surface area (Å²) in [5, 5.41) is 5.89. The number of benzene rings is 1. The average Bonchev–Trinajstić information content (AvgIpc) is 3.26. The summed E-state index contributed by atoms with van der Waals surface area (Å²) < 4.78 is 15.7. The number of amides is 1. The minimum absolute atomic E-state index is 0.224. The van der Waals surface area contributed by atoms with Crippen molar-refractivity contribution in [3.05, 3.63) is 65.9 Å². The third-order valence-electron chi connectivity index (χ3n) is 4.06. The molecule has 0 fully saturated rings. The number of ether oxygens (including phenoxy) is 2. The Morgan fingerprint density at radius 1 is 1.11 bits per heavy atom. The van der Waals surface area contributed by atoms with Crippen LogP contribution in [0.2, 0.25) is 0 Å². The Morgan fingerprint density at radius 3 is 2.57 bits per heavy atom. The van der Waals surface area contributed by atoms with Crippen molar-refractivity contribution in [2.75, 3.05) is 26.1 Å². The largest absolute Gasteiger partial charge is 0.493 e. The SMILES string of the molecule is COc1ccc(CCNC(=O)c2cnc(NCc3ccco3)nc2)cc1OC. The lowest BCUT2D eigenvalue weighted by atomic mass is 10.1. The molecule has 0 atom stereocenters. The number of hydrogen-bond donors (Lipinski definition) is 2. The Morgan fingerprint density at radius 2 is 1.89 bits per heavy atom. The summed E-state index contributed by atoms with van der Waals surface area (Å²) in [5.41, 5.74) is 1.43. The maximum atomic E-state index is 12.2. The van der Waals surface area contributed by atoms with Gasteiger partial charge in [0.2, 0.25) is 5.95 Å². The summed E-state index contributed by atoms with van der Waals surface area (Å²) in [6.45, 7) is 0.955. The molecule has 1 aromatic carbocycles. The van der Waals surface area contributed by atoms with E-state index in [1.165, 1.54) is 12.4 Å². The normalized spacial score (nSPS) is 10.4. The number of hydrogen-bond acceptors (Lipinski definition) is 7. The zero-order valence-electron chi connectivity index (χ0n) is 15.8. The van der Waals surface area contributed by atoms with Crippen molar-refractivity contribution in [3.63, 3.8) is 0 Å². The van der Waals surface area contributed by atoms with E-state index >= 15 is 0 Å². The molecule has 0 spiro atoms. The maximum Gasteiger partial charge on any atom is 0.254 e. The number of carbonyl (C=O) groups is 1. The minimum Gasteiger partial charge on any atom is -0.493 e. The van der Waals surface area contributed by atoms with Crippen LogP contribution in [0.15, 0.2) is 53.4 Å². The second-order valence-corrected chi connectivity index (χ2v) is 5.92. The van der Waals surface area contributed by atoms with E-state index < -0.39 is 0 Å². The number of rotatable bonds is 9. The first-order valence-corrected chi connectivity index (χ1v) is 8.77. The van der Waals surface area contributed by atoms with Crippen molar-refractivity contribution in [3.8, 4) is 11.5 Å². The van der Waals surface area contributed by atoms with Crippen molar-refractivity contribution < 1.29 is 18.7 Å². The monoisotopic (exact) mass is 382 g/mol. The molecule has 0 saturated carbocycles. The van der Waals surface area contributed by atoms with Crippen LogP contribution in [0, 0.1) is 0 Å². The molecule has 2 aromatic heterocycles. The molecule has 0 bridgehead atoms. The van der Waals surface area contributed by atoms with Gasteiger partial charge in [-0.2, -0.15) is 0 Å². The van der Waals surface area contributed by atoms with E-state index in [0.717, 1.165) is 11.3 Å². The van der Waals surface area contributed by atoms with Crippen LogP contribution in [0.5, 0.6) is 11.5 Å². The molecule has 0 radical (unpaired) electrons. The van der Waals surface area contributed by atoms with Crippen molar-refractivity contribution in [2.24, 2.45) is 0 Å². The zero-order valence-corrected chi connectivity index (χ0v) is 15.8. The summed E-state index contributed by atoms with van der Waals surface area (Å²) in [7, 11) is 3.19. The molecule has 8 nitrogen and oxygen atoms in total. The van der Waals surface area contributed by atoms with E-state index in [-0.39, 0.29) is 5.91 Å². The third kappa shape index (κ3) is 5.00. The van der Waals surface area contributed by atoms with E-state index in [0.29, 0.717) is 42.5 Å². The predicted molar refractivity (Wildman–Crippen MR) is 104 cm³/mol. The van der Waals surface area contributed by atoms with Crippen LogP contribution in [0.3, 0.4) is 0 Å². The van der Waals surface area contributed by atoms with Gasteiger partial charge < -0.3 is 24.5 Å². The topological polar surface area (TPSA) is 98.5 Å². The van der Waals surface area contributed by atoms with Gasteiger partial charge in [0.15, 0.2) is 11.5 Å². The third-order valence-corrected chi connectivity index (χ3v) is 4.06. The highest BCUT2D eigenvalue weighted by Crippen LogP contribution is 2.27. The average molecular weight is 382 g/mol. The fourth-order valence-corrected chi connectivity index (χ4v) is 2.57. The highest BCUT2D eigenvalue weighted by molar-refractivity contribution is 5.93. The molecule has 0 aliphatic carbocycles. The molecule has 28 heavy (non-hydrogen) atoms. The molecule has 8 heteroatoms. The molecule has 0 aliphatic rings. The standard InChI is InChI=1S/C20H22N4O4/c1-26-17-6-5-14(10-18(17)27-2)7-8-21-19(25)15-11-22-20(23-12-15)24-13-16-4-3-9-28-16/h3-6,9-12H,7-8,13H2,1-2H3,(H,21,25)(H,22,23,24). The molecule has 2 N–H and O–H groups in total. The van der Waals surface area contributed by atoms with Crippen LogP contribution < -0.4 is 20.1 Å². The van der Waals surface area contributed by atoms with Gasteiger partial charge in [-0.25, -0.2) is 9.97 Å². The zero-order chi connectivity index (χ0) is 19.8. The van der Waals surface area contributed by atoms with Crippen LogP contribution >= 0.6 is 0 Å². The number of methoxy groups -OCH3 is 2. The van der Waals surface area contributed by atoms with Crippen molar-refractivity contribution in [1.82, 2.24) is 15.3 Å². The van der Waals surface area contributed by atoms with Gasteiger partial charge >= 0.3 is 0 Å². The van der Waals surface area contributed by atoms with Gasteiger partial charge in [0.1, 0.15) is 5.76 Å². The first-order chi connectivity index (χ1) is 13.7. The van der Waals surface area contributed by atoms with Crippen molar-refractivity contribution in [1.29, 1.82) is 0 Å². The molecule has 3 rings (SSSR count). The quantitative estimate of drug-likeness (QED) is 0.587. The molecule has 0 aliphatic heterocycles. The Hall–Kier alpha value is -3.55. The van der Waals surface area contributed by atoms with Gasteiger partial charge in [-0.3, -0.25) is 4.79 Å². The Labute approximate surface area is 162 Å². The second kappa shape index (κ2) is 9.40. The van der Waals surface area contributed by atoms with Gasteiger partial charge in [-0.1, -0.05) is 6.07 Å². The summed E-state index contributed by atoms with van der Waals surface area (Å²) in [5.74, 6) is 2.32. The fraction of sp³-hybridized carbons (Fsp3) is 0.250. The van der Waals surface area contributed by atoms with Crippen molar-refractivity contribution >= 4 is 11.9 Å². The summed E-state index contributed by atoms with van der Waals surface area (Å²) >= 11 is 0. The molecule has 2 heterocycles. The first-order valence-electron chi connectivity index (χ1n) is 8.77. The molecule has 3 aromatic rings. The van der Waals surface area contributed by atoms with Crippen LogP contribution in [-0.4, -0.2) is 36.6 Å². The Bertz CT molecular complexity index is 895.